The SMILES string of the molecule is CCCCC/C=C(\O)C[N+](CCC)(CCC)C(CC)C(=O)O. The van der Waals surface area contributed by atoms with Crippen LogP contribution in [0.25, 0.3) is 0 Å². The average molecular weight is 314 g/mol. The van der Waals surface area contributed by atoms with Crippen molar-refractivity contribution < 1.29 is 19.5 Å². The molecular formula is C18H36NO3+. The first-order valence-electron chi connectivity index (χ1n) is 8.93. The van der Waals surface area contributed by atoms with Gasteiger partial charge >= 0.3 is 5.97 Å². The second-order valence-electron chi connectivity index (χ2n) is 6.28. The summed E-state index contributed by atoms with van der Waals surface area (Å²) in [5.41, 5.74) is 0. The lowest BCUT2D eigenvalue weighted by Gasteiger charge is -2.42. The van der Waals surface area contributed by atoms with Gasteiger partial charge in [0.25, 0.3) is 0 Å². The van der Waals surface area contributed by atoms with Crippen LogP contribution in [0.4, 0.5) is 0 Å². The number of nitrogens with zero attached hydrogens (tertiary/aromatic N) is 1. The summed E-state index contributed by atoms with van der Waals surface area (Å²) in [4.78, 5) is 11.7. The lowest BCUT2D eigenvalue weighted by molar-refractivity contribution is -0.940. The molecule has 2 N–H and O–H groups in total. The minimum absolute atomic E-state index is 0.359. The second-order valence-corrected chi connectivity index (χ2v) is 6.28. The molecule has 0 aliphatic rings. The van der Waals surface area contributed by atoms with Gasteiger partial charge in [-0.15, -0.1) is 0 Å². The number of aliphatic hydroxyl groups is 1. The van der Waals surface area contributed by atoms with Crippen molar-refractivity contribution in [3.05, 3.63) is 11.8 Å². The first kappa shape index (κ1) is 21.0. The first-order chi connectivity index (χ1) is 10.5. The number of rotatable bonds is 13. The average Bonchev–Trinajstić information content (AvgIpc) is 2.44. The summed E-state index contributed by atoms with van der Waals surface area (Å²) in [6, 6.07) is -0.439. The van der Waals surface area contributed by atoms with Crippen LogP contribution in [0.1, 0.15) is 72.6 Å². The highest BCUT2D eigenvalue weighted by molar-refractivity contribution is 5.72. The van der Waals surface area contributed by atoms with Crippen molar-refractivity contribution in [1.29, 1.82) is 0 Å². The van der Waals surface area contributed by atoms with E-state index >= 15 is 0 Å². The molecule has 22 heavy (non-hydrogen) atoms. The van der Waals surface area contributed by atoms with Crippen molar-refractivity contribution in [3.8, 4) is 0 Å². The fourth-order valence-corrected chi connectivity index (χ4v) is 3.43. The van der Waals surface area contributed by atoms with E-state index in [-0.39, 0.29) is 0 Å². The van der Waals surface area contributed by atoms with Gasteiger partial charge in [-0.2, -0.15) is 0 Å². The van der Waals surface area contributed by atoms with Crippen LogP contribution < -0.4 is 0 Å². The smallest absolute Gasteiger partial charge is 0.362 e. The Hall–Kier alpha value is -1.03. The monoisotopic (exact) mass is 314 g/mol. The molecule has 0 bridgehead atoms. The first-order valence-corrected chi connectivity index (χ1v) is 8.93. The number of carboxylic acid groups (broad SMARTS) is 1. The van der Waals surface area contributed by atoms with Gasteiger partial charge in [0.05, 0.1) is 13.1 Å². The molecule has 0 saturated heterocycles. The van der Waals surface area contributed by atoms with Crippen molar-refractivity contribution in [3.63, 3.8) is 0 Å². The van der Waals surface area contributed by atoms with Crippen molar-refractivity contribution in [2.45, 2.75) is 78.7 Å². The normalized spacial score (nSPS) is 14.1. The van der Waals surface area contributed by atoms with Gasteiger partial charge in [-0.1, -0.05) is 40.5 Å². The molecule has 0 saturated carbocycles. The number of allylic oxidation sites excluding steroid dienone is 1. The topological polar surface area (TPSA) is 57.5 Å². The maximum atomic E-state index is 11.7. The summed E-state index contributed by atoms with van der Waals surface area (Å²) in [6.07, 6.45) is 8.62. The summed E-state index contributed by atoms with van der Waals surface area (Å²) in [6.45, 7) is 10.3. The number of carboxylic acids is 1. The predicted molar refractivity (Wildman–Crippen MR) is 92.0 cm³/mol. The quantitative estimate of drug-likeness (QED) is 0.299. The molecule has 0 aliphatic carbocycles. The Labute approximate surface area is 136 Å². The second kappa shape index (κ2) is 11.5. The minimum atomic E-state index is -0.747. The zero-order chi connectivity index (χ0) is 17.0. The molecule has 0 fully saturated rings. The molecule has 0 aromatic carbocycles. The standard InChI is InChI=1S/C18H35NO3/c1-5-9-10-11-12-16(20)15-19(13-6-2,14-7-3)17(8-4)18(21)22/h12,17H,5-11,13-15H2,1-4H3,(H-,20,21,22)/p+1/b16-12-. The Morgan fingerprint density at radius 1 is 1.00 bits per heavy atom. The van der Waals surface area contributed by atoms with Crippen LogP contribution in [0.2, 0.25) is 0 Å². The molecule has 0 amide bonds. The molecule has 0 spiro atoms. The molecule has 4 nitrogen and oxygen atoms in total. The number of hydrogen-bond donors (Lipinski definition) is 2. The highest BCUT2D eigenvalue weighted by atomic mass is 16.4. The van der Waals surface area contributed by atoms with Crippen LogP contribution >= 0.6 is 0 Å². The third kappa shape index (κ3) is 6.82. The minimum Gasteiger partial charge on any atom is -0.507 e. The van der Waals surface area contributed by atoms with Gasteiger partial charge in [0.1, 0.15) is 12.3 Å². The molecule has 0 aliphatic heterocycles. The van der Waals surface area contributed by atoms with Gasteiger partial charge in [0.2, 0.25) is 0 Å². The number of carbonyl (C=O) groups is 1. The predicted octanol–water partition coefficient (Wildman–Crippen LogP) is 4.51. The van der Waals surface area contributed by atoms with E-state index in [9.17, 15) is 15.0 Å². The van der Waals surface area contributed by atoms with Gasteiger partial charge in [-0.25, -0.2) is 4.79 Å². The maximum absolute atomic E-state index is 11.7. The summed E-state index contributed by atoms with van der Waals surface area (Å²) in [7, 11) is 0. The van der Waals surface area contributed by atoms with Crippen molar-refractivity contribution >= 4 is 5.97 Å². The number of aliphatic hydroxyl groups excluding tert-OH is 1. The van der Waals surface area contributed by atoms with Crippen LogP contribution in [0.5, 0.6) is 0 Å². The van der Waals surface area contributed by atoms with Crippen LogP contribution in [0.3, 0.4) is 0 Å². The van der Waals surface area contributed by atoms with Gasteiger partial charge in [0.15, 0.2) is 6.04 Å². The van der Waals surface area contributed by atoms with E-state index in [2.05, 4.69) is 20.8 Å². The Kier molecular flexibility index (Phi) is 11.0. The lowest BCUT2D eigenvalue weighted by atomic mass is 10.1. The zero-order valence-electron chi connectivity index (χ0n) is 15.0. The van der Waals surface area contributed by atoms with Crippen molar-refractivity contribution in [1.82, 2.24) is 0 Å². The molecule has 0 aromatic rings. The molecule has 0 heterocycles. The van der Waals surface area contributed by atoms with E-state index < -0.39 is 12.0 Å². The van der Waals surface area contributed by atoms with E-state index in [1.54, 1.807) is 0 Å². The van der Waals surface area contributed by atoms with E-state index in [1.807, 2.05) is 13.0 Å². The Morgan fingerprint density at radius 3 is 2.00 bits per heavy atom. The molecule has 4 heteroatoms. The Balaban J connectivity index is 5.15. The fourth-order valence-electron chi connectivity index (χ4n) is 3.43. The molecule has 1 unspecified atom stereocenters. The zero-order valence-corrected chi connectivity index (χ0v) is 15.0. The van der Waals surface area contributed by atoms with Gasteiger partial charge in [-0.05, 0) is 31.8 Å². The number of aliphatic carboxylic acids is 1. The van der Waals surface area contributed by atoms with E-state index in [0.717, 1.165) is 45.2 Å². The Morgan fingerprint density at radius 2 is 1.59 bits per heavy atom. The summed E-state index contributed by atoms with van der Waals surface area (Å²) in [5, 5.41) is 19.9. The third-order valence-corrected chi connectivity index (χ3v) is 4.34. The van der Waals surface area contributed by atoms with Crippen molar-refractivity contribution in [2.75, 3.05) is 19.6 Å². The van der Waals surface area contributed by atoms with Crippen molar-refractivity contribution in [2.24, 2.45) is 0 Å². The van der Waals surface area contributed by atoms with E-state index in [4.69, 9.17) is 0 Å². The molecule has 1 atom stereocenters. The Bertz CT molecular complexity index is 333. The molecule has 130 valence electrons. The number of quaternary nitrogens is 1. The lowest BCUT2D eigenvalue weighted by Crippen LogP contribution is -2.60. The summed E-state index contributed by atoms with van der Waals surface area (Å²) >= 11 is 0. The van der Waals surface area contributed by atoms with Crippen LogP contribution in [0.15, 0.2) is 11.8 Å². The van der Waals surface area contributed by atoms with Crippen LogP contribution in [-0.4, -0.2) is 46.3 Å². The molecular weight excluding hydrogens is 278 g/mol. The fraction of sp³-hybridized carbons (Fsp3) is 0.833. The highest BCUT2D eigenvalue weighted by Gasteiger charge is 2.40. The van der Waals surface area contributed by atoms with E-state index in [0.29, 0.717) is 23.2 Å². The van der Waals surface area contributed by atoms with Gasteiger partial charge in [0, 0.05) is 6.42 Å². The van der Waals surface area contributed by atoms with Gasteiger partial charge in [-0.3, -0.25) is 0 Å². The summed E-state index contributed by atoms with van der Waals surface area (Å²) < 4.78 is 0.467. The highest BCUT2D eigenvalue weighted by Crippen LogP contribution is 2.22. The molecule has 0 aromatic heterocycles. The number of hydrogen-bond acceptors (Lipinski definition) is 2. The summed E-state index contributed by atoms with van der Waals surface area (Å²) in [5.74, 6) is -0.388. The maximum Gasteiger partial charge on any atom is 0.362 e. The van der Waals surface area contributed by atoms with E-state index in [1.165, 1.54) is 6.42 Å². The molecule has 0 rings (SSSR count). The molecule has 0 radical (unpaired) electrons. The third-order valence-electron chi connectivity index (χ3n) is 4.34. The van der Waals surface area contributed by atoms with Crippen LogP contribution in [-0.2, 0) is 4.79 Å². The van der Waals surface area contributed by atoms with Crippen LogP contribution in [0, 0.1) is 0 Å². The van der Waals surface area contributed by atoms with Gasteiger partial charge < -0.3 is 14.7 Å². The largest absolute Gasteiger partial charge is 0.507 e. The number of unbranched alkanes of at least 4 members (excludes halogenated alkanes) is 3.